The lowest BCUT2D eigenvalue weighted by Crippen LogP contribution is -2.67. The number of nitrogens with zero attached hydrogens (tertiary/aromatic N) is 2. The molecule has 4 aliphatic rings. The third kappa shape index (κ3) is 3.34. The second kappa shape index (κ2) is 8.09. The Morgan fingerprint density at radius 1 is 1.00 bits per heavy atom. The first-order valence-corrected chi connectivity index (χ1v) is 12.0. The van der Waals surface area contributed by atoms with Crippen molar-refractivity contribution in [3.8, 4) is 0 Å². The molecule has 2 atom stereocenters. The minimum absolute atomic E-state index is 0.214. The van der Waals surface area contributed by atoms with Crippen LogP contribution in [0.2, 0.25) is 0 Å². The Labute approximate surface area is 198 Å². The number of quaternary nitrogens is 1. The number of aromatic nitrogens is 1. The van der Waals surface area contributed by atoms with Gasteiger partial charge >= 0.3 is 5.97 Å². The number of esters is 1. The molecule has 34 heavy (non-hydrogen) atoms. The number of amides is 1. The van der Waals surface area contributed by atoms with E-state index in [4.69, 9.17) is 15.0 Å². The lowest BCUT2D eigenvalue weighted by Gasteiger charge is -2.54. The Bertz CT molecular complexity index is 1180. The molecule has 4 heterocycles. The van der Waals surface area contributed by atoms with Crippen molar-refractivity contribution in [2.75, 3.05) is 19.6 Å². The normalized spacial score (nSPS) is 26.4. The summed E-state index contributed by atoms with van der Waals surface area (Å²) >= 11 is 0. The molecule has 7 heteroatoms. The van der Waals surface area contributed by atoms with E-state index in [-0.39, 0.29) is 12.1 Å². The second-order valence-electron chi connectivity index (χ2n) is 9.90. The monoisotopic (exact) mass is 458 g/mol. The van der Waals surface area contributed by atoms with Crippen molar-refractivity contribution in [1.29, 1.82) is 0 Å². The van der Waals surface area contributed by atoms with Crippen LogP contribution in [0.3, 0.4) is 0 Å². The van der Waals surface area contributed by atoms with Gasteiger partial charge < -0.3 is 19.5 Å². The van der Waals surface area contributed by atoms with Gasteiger partial charge in [-0.25, -0.2) is 0 Å². The largest absolute Gasteiger partial charge is 0.455 e. The number of benzene rings is 2. The maximum atomic E-state index is 13.8. The number of hydrogen-bond donors (Lipinski definition) is 1. The Hall–Kier alpha value is -3.45. The van der Waals surface area contributed by atoms with Gasteiger partial charge in [0, 0.05) is 24.8 Å². The molecular formula is C27H28N3O4+. The number of nitrogens with two attached hydrogens (primary N) is 1. The maximum Gasteiger partial charge on any atom is 0.318 e. The van der Waals surface area contributed by atoms with Gasteiger partial charge in [-0.05, 0) is 28.7 Å². The summed E-state index contributed by atoms with van der Waals surface area (Å²) in [7, 11) is 0. The van der Waals surface area contributed by atoms with E-state index < -0.39 is 17.9 Å². The van der Waals surface area contributed by atoms with Crippen LogP contribution in [0.1, 0.15) is 52.7 Å². The van der Waals surface area contributed by atoms with Crippen LogP contribution in [0.5, 0.6) is 0 Å². The highest BCUT2D eigenvalue weighted by Crippen LogP contribution is 2.44. The predicted octanol–water partition coefficient (Wildman–Crippen LogP) is 3.09. The zero-order chi connectivity index (χ0) is 23.3. The topological polar surface area (TPSA) is 95.4 Å². The first-order chi connectivity index (χ1) is 16.6. The molecule has 3 fully saturated rings. The minimum atomic E-state index is -0.600. The molecule has 3 saturated heterocycles. The Balaban J connectivity index is 1.30. The highest BCUT2D eigenvalue weighted by atomic mass is 16.5. The van der Waals surface area contributed by atoms with E-state index in [9.17, 15) is 9.59 Å². The standard InChI is InChI=1S/C27H27N3O4/c28-26(31)25(22-11-14-33-29-22)30-12-9-17(10-13-30)23(16-30)34-27(32)24-20-7-3-1-5-18(20)15-19-6-2-4-8-21(19)24/h1-8,11,14,17,23-25H,9-10,12-13,15-16H2,(H-,28,31)/p+1/t17?,23-,25?,30?/m0/s1. The molecule has 174 valence electrons. The summed E-state index contributed by atoms with van der Waals surface area (Å²) < 4.78 is 11.8. The number of hydrogen-bond acceptors (Lipinski definition) is 5. The average Bonchev–Trinajstić information content (AvgIpc) is 3.36. The van der Waals surface area contributed by atoms with Crippen LogP contribution in [0, 0.1) is 5.92 Å². The summed E-state index contributed by atoms with van der Waals surface area (Å²) in [5.74, 6) is -0.778. The third-order valence-electron chi connectivity index (χ3n) is 8.13. The number of fused-ring (bicyclic) bond motifs is 5. The molecule has 2 N–H and O–H groups in total. The van der Waals surface area contributed by atoms with Crippen molar-refractivity contribution in [3.63, 3.8) is 0 Å². The highest BCUT2D eigenvalue weighted by molar-refractivity contribution is 5.84. The summed E-state index contributed by atoms with van der Waals surface area (Å²) in [6.07, 6.45) is 3.80. The van der Waals surface area contributed by atoms with Crippen LogP contribution < -0.4 is 5.73 Å². The molecule has 2 bridgehead atoms. The average molecular weight is 459 g/mol. The van der Waals surface area contributed by atoms with E-state index in [1.165, 1.54) is 17.4 Å². The van der Waals surface area contributed by atoms with Gasteiger partial charge in [-0.1, -0.05) is 53.7 Å². The van der Waals surface area contributed by atoms with E-state index in [1.807, 2.05) is 36.4 Å². The van der Waals surface area contributed by atoms with Crippen LogP contribution >= 0.6 is 0 Å². The summed E-state index contributed by atoms with van der Waals surface area (Å²) in [5, 5.41) is 4.03. The minimum Gasteiger partial charge on any atom is -0.455 e. The van der Waals surface area contributed by atoms with Crippen LogP contribution in [-0.4, -0.2) is 47.3 Å². The summed E-state index contributed by atoms with van der Waals surface area (Å²) in [6.45, 7) is 2.19. The Morgan fingerprint density at radius 2 is 1.65 bits per heavy atom. The van der Waals surface area contributed by atoms with E-state index in [0.717, 1.165) is 43.5 Å². The van der Waals surface area contributed by atoms with Crippen molar-refractivity contribution in [3.05, 3.63) is 88.8 Å². The molecule has 1 aromatic heterocycles. The van der Waals surface area contributed by atoms with Crippen LogP contribution in [-0.2, 0) is 20.7 Å². The molecule has 7 rings (SSSR count). The quantitative estimate of drug-likeness (QED) is 0.468. The zero-order valence-electron chi connectivity index (χ0n) is 18.9. The molecule has 0 radical (unpaired) electrons. The molecular weight excluding hydrogens is 430 g/mol. The second-order valence-corrected chi connectivity index (χ2v) is 9.90. The van der Waals surface area contributed by atoms with Gasteiger partial charge in [0.2, 0.25) is 6.04 Å². The smallest absolute Gasteiger partial charge is 0.318 e. The summed E-state index contributed by atoms with van der Waals surface area (Å²) in [4.78, 5) is 26.3. The van der Waals surface area contributed by atoms with Gasteiger partial charge in [-0.2, -0.15) is 0 Å². The van der Waals surface area contributed by atoms with E-state index in [2.05, 4.69) is 17.3 Å². The molecule has 1 unspecified atom stereocenters. The van der Waals surface area contributed by atoms with Crippen molar-refractivity contribution in [2.24, 2.45) is 11.7 Å². The first kappa shape index (κ1) is 21.1. The molecule has 0 saturated carbocycles. The molecule has 3 aromatic rings. The number of carbonyl (C=O) groups excluding carboxylic acids is 2. The van der Waals surface area contributed by atoms with E-state index in [1.54, 1.807) is 6.07 Å². The Morgan fingerprint density at radius 3 is 2.24 bits per heavy atom. The van der Waals surface area contributed by atoms with Crippen LogP contribution in [0.15, 0.2) is 65.4 Å². The fourth-order valence-electron chi connectivity index (χ4n) is 6.52. The van der Waals surface area contributed by atoms with E-state index >= 15 is 0 Å². The molecule has 1 aliphatic carbocycles. The molecule has 1 amide bonds. The zero-order valence-corrected chi connectivity index (χ0v) is 18.9. The van der Waals surface area contributed by atoms with Gasteiger partial charge in [0.25, 0.3) is 5.91 Å². The van der Waals surface area contributed by atoms with Crippen molar-refractivity contribution < 1.29 is 23.3 Å². The van der Waals surface area contributed by atoms with Crippen molar-refractivity contribution in [1.82, 2.24) is 5.16 Å². The number of primary amides is 1. The Kier molecular flexibility index (Phi) is 5.03. The van der Waals surface area contributed by atoms with Gasteiger partial charge in [0.15, 0.2) is 11.8 Å². The van der Waals surface area contributed by atoms with Gasteiger partial charge in [0.05, 0.1) is 13.1 Å². The lowest BCUT2D eigenvalue weighted by atomic mass is 9.77. The van der Waals surface area contributed by atoms with Crippen LogP contribution in [0.4, 0.5) is 0 Å². The highest BCUT2D eigenvalue weighted by Gasteiger charge is 2.54. The fraction of sp³-hybridized carbons (Fsp3) is 0.370. The van der Waals surface area contributed by atoms with Crippen LogP contribution in [0.25, 0.3) is 0 Å². The van der Waals surface area contributed by atoms with Crippen molar-refractivity contribution >= 4 is 11.9 Å². The maximum absolute atomic E-state index is 13.8. The molecule has 7 nitrogen and oxygen atoms in total. The summed E-state index contributed by atoms with van der Waals surface area (Å²) in [6, 6.07) is 17.4. The van der Waals surface area contributed by atoms with Gasteiger partial charge in [0.1, 0.15) is 18.7 Å². The molecule has 2 aromatic carbocycles. The van der Waals surface area contributed by atoms with Crippen molar-refractivity contribution in [2.45, 2.75) is 37.3 Å². The SMILES string of the molecule is NC(=O)C(c1ccon1)[N+]12CCC(CC1)[C@@H](OC(=O)C1c3ccccc3Cc3ccccc31)C2. The lowest BCUT2D eigenvalue weighted by molar-refractivity contribution is -0.965. The summed E-state index contributed by atoms with van der Waals surface area (Å²) in [5.41, 5.74) is 10.8. The van der Waals surface area contributed by atoms with E-state index in [0.29, 0.717) is 22.6 Å². The number of ether oxygens (including phenoxy) is 1. The predicted molar refractivity (Wildman–Crippen MR) is 123 cm³/mol. The molecule has 3 aliphatic heterocycles. The van der Waals surface area contributed by atoms with Gasteiger partial charge in [-0.3, -0.25) is 9.59 Å². The number of rotatable bonds is 5. The third-order valence-corrected chi connectivity index (χ3v) is 8.13. The molecule has 0 spiro atoms. The van der Waals surface area contributed by atoms with Gasteiger partial charge in [-0.15, -0.1) is 0 Å². The number of piperidine rings is 3. The first-order valence-electron chi connectivity index (χ1n) is 12.0. The number of carbonyl (C=O) groups is 2. The fourth-order valence-corrected chi connectivity index (χ4v) is 6.52.